The van der Waals surface area contributed by atoms with Crippen LogP contribution in [0.5, 0.6) is 0 Å². The predicted octanol–water partition coefficient (Wildman–Crippen LogP) is 0.379. The summed E-state index contributed by atoms with van der Waals surface area (Å²) in [6, 6.07) is 3.76. The number of hydrogen-bond donors (Lipinski definition) is 1. The second kappa shape index (κ2) is 6.82. The first-order valence-electron chi connectivity index (χ1n) is 7.65. The van der Waals surface area contributed by atoms with Crippen LogP contribution in [0.3, 0.4) is 0 Å². The quantitative estimate of drug-likeness (QED) is 0.863. The van der Waals surface area contributed by atoms with Crippen molar-refractivity contribution in [3.8, 4) is 0 Å². The molecule has 0 saturated carbocycles. The van der Waals surface area contributed by atoms with Gasteiger partial charge in [0.15, 0.2) is 0 Å². The highest BCUT2D eigenvalue weighted by molar-refractivity contribution is 5.89. The lowest BCUT2D eigenvalue weighted by Gasteiger charge is -2.28. The number of rotatable bonds is 4. The molecule has 0 bridgehead atoms. The van der Waals surface area contributed by atoms with Crippen LogP contribution < -0.4 is 15.1 Å². The summed E-state index contributed by atoms with van der Waals surface area (Å²) >= 11 is 0. The molecule has 2 aliphatic rings. The van der Waals surface area contributed by atoms with E-state index in [1.807, 2.05) is 12.1 Å². The molecule has 8 heteroatoms. The fourth-order valence-electron chi connectivity index (χ4n) is 2.61. The number of pyridine rings is 1. The number of carbonyl (C=O) groups is 2. The molecule has 0 unspecified atom stereocenters. The molecule has 0 aromatic carbocycles. The van der Waals surface area contributed by atoms with Gasteiger partial charge in [-0.1, -0.05) is 0 Å². The summed E-state index contributed by atoms with van der Waals surface area (Å²) in [6.45, 7) is 5.19. The summed E-state index contributed by atoms with van der Waals surface area (Å²) in [5.74, 6) is 0.732. The number of nitrogens with one attached hydrogen (secondary N) is 1. The number of aromatic nitrogens is 1. The lowest BCUT2D eigenvalue weighted by molar-refractivity contribution is -0.119. The average Bonchev–Trinajstić information content (AvgIpc) is 2.95. The predicted molar refractivity (Wildman–Crippen MR) is 83.6 cm³/mol. The molecule has 3 rings (SSSR count). The zero-order chi connectivity index (χ0) is 16.2. The van der Waals surface area contributed by atoms with Crippen molar-refractivity contribution in [1.82, 2.24) is 10.3 Å². The fraction of sp³-hybridized carbons (Fsp3) is 0.533. The summed E-state index contributed by atoms with van der Waals surface area (Å²) in [5, 5.41) is 2.66. The van der Waals surface area contributed by atoms with Crippen molar-refractivity contribution < 1.29 is 19.1 Å². The number of amides is 2. The Kier molecular flexibility index (Phi) is 4.61. The van der Waals surface area contributed by atoms with E-state index in [2.05, 4.69) is 15.2 Å². The molecule has 1 aromatic heterocycles. The minimum absolute atomic E-state index is 0.143. The number of morpholine rings is 1. The van der Waals surface area contributed by atoms with E-state index in [9.17, 15) is 9.59 Å². The lowest BCUT2D eigenvalue weighted by atomic mass is 10.3. The first-order chi connectivity index (χ1) is 11.1. The molecule has 2 saturated heterocycles. The van der Waals surface area contributed by atoms with Gasteiger partial charge in [-0.25, -0.2) is 9.78 Å². The smallest absolute Gasteiger partial charge is 0.414 e. The Bertz CT molecular complexity index is 571. The highest BCUT2D eigenvalue weighted by Gasteiger charge is 2.32. The average molecular weight is 320 g/mol. The number of hydrogen-bond acceptors (Lipinski definition) is 6. The Morgan fingerprint density at radius 3 is 2.83 bits per heavy atom. The first kappa shape index (κ1) is 15.5. The molecule has 3 heterocycles. The van der Waals surface area contributed by atoms with Crippen LogP contribution in [0.15, 0.2) is 18.3 Å². The Hall–Kier alpha value is -2.35. The first-order valence-corrected chi connectivity index (χ1v) is 7.65. The zero-order valence-corrected chi connectivity index (χ0v) is 13.0. The van der Waals surface area contributed by atoms with Crippen LogP contribution in [0.2, 0.25) is 0 Å². The van der Waals surface area contributed by atoms with Gasteiger partial charge >= 0.3 is 6.09 Å². The van der Waals surface area contributed by atoms with Gasteiger partial charge in [-0.2, -0.15) is 0 Å². The van der Waals surface area contributed by atoms with Crippen LogP contribution in [0.25, 0.3) is 0 Å². The third-order valence-electron chi connectivity index (χ3n) is 3.83. The maximum atomic E-state index is 12.0. The van der Waals surface area contributed by atoms with E-state index >= 15 is 0 Å². The Morgan fingerprint density at radius 1 is 1.39 bits per heavy atom. The molecule has 23 heavy (non-hydrogen) atoms. The van der Waals surface area contributed by atoms with Crippen molar-refractivity contribution in [1.29, 1.82) is 0 Å². The molecule has 2 fully saturated rings. The van der Waals surface area contributed by atoms with Gasteiger partial charge in [0.2, 0.25) is 5.91 Å². The van der Waals surface area contributed by atoms with Gasteiger partial charge in [0, 0.05) is 20.0 Å². The largest absolute Gasteiger partial charge is 0.442 e. The van der Waals surface area contributed by atoms with Gasteiger partial charge < -0.3 is 19.7 Å². The van der Waals surface area contributed by atoms with Crippen LogP contribution in [0, 0.1) is 0 Å². The Labute approximate surface area is 134 Å². The topological polar surface area (TPSA) is 84.0 Å². The van der Waals surface area contributed by atoms with Crippen LogP contribution >= 0.6 is 0 Å². The van der Waals surface area contributed by atoms with Crippen LogP contribution in [0.4, 0.5) is 16.3 Å². The van der Waals surface area contributed by atoms with E-state index in [0.717, 1.165) is 18.9 Å². The standard InChI is InChI=1S/C15H20N4O4/c1-11(20)16-9-13-10-19(15(21)23-13)12-2-3-14(17-8-12)18-4-6-22-7-5-18/h2-3,8,13H,4-7,9-10H2,1H3,(H,16,20)/t13-/m0/s1. The summed E-state index contributed by atoms with van der Waals surface area (Å²) < 4.78 is 10.6. The molecule has 2 aliphatic heterocycles. The second-order valence-electron chi connectivity index (χ2n) is 5.53. The molecular formula is C15H20N4O4. The highest BCUT2D eigenvalue weighted by Crippen LogP contribution is 2.23. The molecule has 8 nitrogen and oxygen atoms in total. The van der Waals surface area contributed by atoms with Crippen molar-refractivity contribution in [3.63, 3.8) is 0 Å². The summed E-state index contributed by atoms with van der Waals surface area (Å²) in [4.78, 5) is 31.0. The van der Waals surface area contributed by atoms with Crippen molar-refractivity contribution in [2.24, 2.45) is 0 Å². The Morgan fingerprint density at radius 2 is 2.17 bits per heavy atom. The van der Waals surface area contributed by atoms with Crippen molar-refractivity contribution in [2.45, 2.75) is 13.0 Å². The lowest BCUT2D eigenvalue weighted by Crippen LogP contribution is -2.36. The number of nitrogens with zero attached hydrogens (tertiary/aromatic N) is 3. The molecule has 1 aromatic rings. The minimum Gasteiger partial charge on any atom is -0.442 e. The van der Waals surface area contributed by atoms with Crippen LogP contribution in [-0.2, 0) is 14.3 Å². The van der Waals surface area contributed by atoms with Gasteiger partial charge in [0.25, 0.3) is 0 Å². The van der Waals surface area contributed by atoms with Gasteiger partial charge in [-0.15, -0.1) is 0 Å². The molecule has 0 aliphatic carbocycles. The molecule has 0 spiro atoms. The third-order valence-corrected chi connectivity index (χ3v) is 3.83. The summed E-state index contributed by atoms with van der Waals surface area (Å²) in [5.41, 5.74) is 0.692. The van der Waals surface area contributed by atoms with Gasteiger partial charge in [0.05, 0.1) is 38.2 Å². The number of carbonyl (C=O) groups excluding carboxylic acids is 2. The van der Waals surface area contributed by atoms with E-state index in [1.165, 1.54) is 11.8 Å². The van der Waals surface area contributed by atoms with Crippen LogP contribution in [-0.4, -0.2) is 62.5 Å². The van der Waals surface area contributed by atoms with E-state index in [0.29, 0.717) is 32.0 Å². The normalized spacial score (nSPS) is 21.3. The SMILES string of the molecule is CC(=O)NC[C@H]1CN(c2ccc(N3CCOCC3)nc2)C(=O)O1. The molecule has 2 amide bonds. The zero-order valence-electron chi connectivity index (χ0n) is 13.0. The van der Waals surface area contributed by atoms with E-state index in [-0.39, 0.29) is 12.0 Å². The van der Waals surface area contributed by atoms with E-state index in [4.69, 9.17) is 9.47 Å². The van der Waals surface area contributed by atoms with Gasteiger partial charge in [-0.3, -0.25) is 9.69 Å². The van der Waals surface area contributed by atoms with E-state index < -0.39 is 6.09 Å². The number of anilines is 2. The third kappa shape index (κ3) is 3.70. The number of cyclic esters (lactones) is 1. The maximum absolute atomic E-state index is 12.0. The van der Waals surface area contributed by atoms with Gasteiger partial charge in [-0.05, 0) is 12.1 Å². The molecule has 0 radical (unpaired) electrons. The van der Waals surface area contributed by atoms with Gasteiger partial charge in [0.1, 0.15) is 11.9 Å². The summed E-state index contributed by atoms with van der Waals surface area (Å²) in [6.07, 6.45) is 0.916. The highest BCUT2D eigenvalue weighted by atomic mass is 16.6. The molecule has 124 valence electrons. The molecule has 1 atom stereocenters. The Balaban J connectivity index is 1.62. The fourth-order valence-corrected chi connectivity index (χ4v) is 2.61. The molecular weight excluding hydrogens is 300 g/mol. The van der Waals surface area contributed by atoms with Crippen LogP contribution in [0.1, 0.15) is 6.92 Å². The number of ether oxygens (including phenoxy) is 2. The molecule has 1 N–H and O–H groups in total. The van der Waals surface area contributed by atoms with Crippen molar-refractivity contribution in [3.05, 3.63) is 18.3 Å². The minimum atomic E-state index is -0.415. The van der Waals surface area contributed by atoms with Crippen molar-refractivity contribution >= 4 is 23.5 Å². The monoisotopic (exact) mass is 320 g/mol. The second-order valence-corrected chi connectivity index (χ2v) is 5.53. The van der Waals surface area contributed by atoms with E-state index in [1.54, 1.807) is 6.20 Å². The van der Waals surface area contributed by atoms with Crippen molar-refractivity contribution in [2.75, 3.05) is 49.2 Å². The maximum Gasteiger partial charge on any atom is 0.414 e. The summed E-state index contributed by atoms with van der Waals surface area (Å²) in [7, 11) is 0.